The summed E-state index contributed by atoms with van der Waals surface area (Å²) in [5.41, 5.74) is 6.68. The summed E-state index contributed by atoms with van der Waals surface area (Å²) in [6.07, 6.45) is 13.3. The van der Waals surface area contributed by atoms with Crippen molar-refractivity contribution in [1.82, 2.24) is 4.98 Å². The SMILES string of the molecule is CC1=C(c2cccnc2)[C@@]2(C)CC[C@H]3[C@@H]([C@H](C)C=C4C[C@@H](O)CC[C@@]43C)[C@@H]2C1. The minimum atomic E-state index is -0.121. The minimum absolute atomic E-state index is 0.121. The van der Waals surface area contributed by atoms with E-state index in [4.69, 9.17) is 0 Å². The predicted molar refractivity (Wildman–Crippen MR) is 114 cm³/mol. The number of aliphatic hydroxyl groups is 1. The van der Waals surface area contributed by atoms with Crippen molar-refractivity contribution in [1.29, 1.82) is 0 Å². The molecule has 0 saturated heterocycles. The Labute approximate surface area is 170 Å². The number of fused-ring (bicyclic) bond motifs is 5. The van der Waals surface area contributed by atoms with Crippen LogP contribution in [0.1, 0.15) is 71.8 Å². The fourth-order valence-electron chi connectivity index (χ4n) is 8.02. The van der Waals surface area contributed by atoms with E-state index in [1.165, 1.54) is 31.2 Å². The molecule has 0 spiro atoms. The molecule has 4 aliphatic rings. The van der Waals surface area contributed by atoms with Crippen molar-refractivity contribution < 1.29 is 5.11 Å². The van der Waals surface area contributed by atoms with Crippen LogP contribution in [-0.4, -0.2) is 16.2 Å². The Hall–Kier alpha value is -1.41. The zero-order valence-corrected chi connectivity index (χ0v) is 17.9. The van der Waals surface area contributed by atoms with Gasteiger partial charge in [-0.3, -0.25) is 4.98 Å². The third-order valence-electron chi connectivity index (χ3n) is 9.27. The molecule has 0 aliphatic heterocycles. The largest absolute Gasteiger partial charge is 0.393 e. The lowest BCUT2D eigenvalue weighted by molar-refractivity contribution is -0.0428. The third kappa shape index (κ3) is 2.46. The van der Waals surface area contributed by atoms with Crippen LogP contribution in [0.2, 0.25) is 0 Å². The van der Waals surface area contributed by atoms with Gasteiger partial charge in [-0.05, 0) is 97.2 Å². The Morgan fingerprint density at radius 2 is 1.86 bits per heavy atom. The Morgan fingerprint density at radius 3 is 2.61 bits per heavy atom. The average Bonchev–Trinajstić information content (AvgIpc) is 2.94. The Morgan fingerprint density at radius 1 is 1.07 bits per heavy atom. The van der Waals surface area contributed by atoms with Crippen LogP contribution in [0.15, 0.2) is 41.7 Å². The van der Waals surface area contributed by atoms with E-state index in [2.05, 4.69) is 57.1 Å². The van der Waals surface area contributed by atoms with E-state index < -0.39 is 0 Å². The molecule has 2 nitrogen and oxygen atoms in total. The smallest absolute Gasteiger partial charge is 0.0577 e. The van der Waals surface area contributed by atoms with Crippen LogP contribution in [0.3, 0.4) is 0 Å². The van der Waals surface area contributed by atoms with E-state index in [1.54, 1.807) is 16.7 Å². The fraction of sp³-hybridized carbons (Fsp3) is 0.654. The van der Waals surface area contributed by atoms with E-state index in [0.717, 1.165) is 30.6 Å². The number of hydrogen-bond acceptors (Lipinski definition) is 2. The Bertz CT molecular complexity index is 839. The lowest BCUT2D eigenvalue weighted by Crippen LogP contribution is -2.52. The predicted octanol–water partition coefficient (Wildman–Crippen LogP) is 6.03. The molecule has 1 N–H and O–H groups in total. The lowest BCUT2D eigenvalue weighted by Gasteiger charge is -2.59. The van der Waals surface area contributed by atoms with Crippen LogP contribution in [0.25, 0.3) is 5.57 Å². The summed E-state index contributed by atoms with van der Waals surface area (Å²) in [4.78, 5) is 4.43. The van der Waals surface area contributed by atoms with Crippen LogP contribution < -0.4 is 0 Å². The van der Waals surface area contributed by atoms with Gasteiger partial charge in [-0.15, -0.1) is 0 Å². The second-order valence-electron chi connectivity index (χ2n) is 10.7. The number of pyridine rings is 1. The summed E-state index contributed by atoms with van der Waals surface area (Å²) in [6, 6.07) is 4.35. The zero-order chi connectivity index (χ0) is 19.7. The molecule has 150 valence electrons. The molecular weight excluding hydrogens is 342 g/mol. The molecule has 0 aromatic carbocycles. The highest BCUT2D eigenvalue weighted by molar-refractivity contribution is 5.75. The summed E-state index contributed by atoms with van der Waals surface area (Å²) in [7, 11) is 0. The maximum Gasteiger partial charge on any atom is 0.0577 e. The van der Waals surface area contributed by atoms with Gasteiger partial charge in [-0.2, -0.15) is 0 Å². The standard InChI is InChI=1S/C26H35NO/c1-16-12-19-14-20(28)7-9-25(19,3)21-8-10-26(4)22(23(16)21)13-17(2)24(26)18-6-5-11-27-15-18/h5-6,11-12,15-16,20-23,28H,7-10,13-14H2,1-4H3/t16-,20+,21+,22+,23-,25+,26+/m1/s1. The first-order valence-electron chi connectivity index (χ1n) is 11.3. The van der Waals surface area contributed by atoms with Crippen molar-refractivity contribution in [2.75, 3.05) is 0 Å². The highest BCUT2D eigenvalue weighted by Gasteiger charge is 2.59. The van der Waals surface area contributed by atoms with E-state index >= 15 is 0 Å². The summed E-state index contributed by atoms with van der Waals surface area (Å²) >= 11 is 0. The van der Waals surface area contributed by atoms with Gasteiger partial charge in [0.25, 0.3) is 0 Å². The van der Waals surface area contributed by atoms with E-state index in [-0.39, 0.29) is 11.5 Å². The number of rotatable bonds is 1. The van der Waals surface area contributed by atoms with Crippen molar-refractivity contribution in [3.05, 3.63) is 47.3 Å². The molecule has 1 heterocycles. The van der Waals surface area contributed by atoms with Crippen molar-refractivity contribution >= 4 is 5.57 Å². The lowest BCUT2D eigenvalue weighted by atomic mass is 9.45. The molecule has 2 heteroatoms. The Balaban J connectivity index is 1.55. The summed E-state index contributed by atoms with van der Waals surface area (Å²) in [5, 5.41) is 10.3. The van der Waals surface area contributed by atoms with Gasteiger partial charge < -0.3 is 5.11 Å². The molecule has 2 fully saturated rings. The van der Waals surface area contributed by atoms with Gasteiger partial charge in [0.2, 0.25) is 0 Å². The highest BCUT2D eigenvalue weighted by Crippen LogP contribution is 2.68. The van der Waals surface area contributed by atoms with Crippen molar-refractivity contribution in [2.45, 2.75) is 72.3 Å². The summed E-state index contributed by atoms with van der Waals surface area (Å²) < 4.78 is 0. The van der Waals surface area contributed by atoms with Gasteiger partial charge in [0, 0.05) is 12.4 Å². The quantitative estimate of drug-likeness (QED) is 0.606. The van der Waals surface area contributed by atoms with Crippen molar-refractivity contribution in [2.24, 2.45) is 34.5 Å². The topological polar surface area (TPSA) is 33.1 Å². The van der Waals surface area contributed by atoms with Gasteiger partial charge in [0.05, 0.1) is 6.10 Å². The molecule has 28 heavy (non-hydrogen) atoms. The maximum atomic E-state index is 10.3. The monoisotopic (exact) mass is 377 g/mol. The average molecular weight is 378 g/mol. The normalized spacial score (nSPS) is 45.2. The third-order valence-corrected chi connectivity index (χ3v) is 9.27. The van der Waals surface area contributed by atoms with Gasteiger partial charge in [0.15, 0.2) is 0 Å². The maximum absolute atomic E-state index is 10.3. The first-order chi connectivity index (χ1) is 13.3. The molecule has 1 aromatic heterocycles. The van der Waals surface area contributed by atoms with Crippen molar-refractivity contribution in [3.8, 4) is 0 Å². The Kier molecular flexibility index (Phi) is 4.18. The number of allylic oxidation sites excluding steroid dienone is 3. The fourth-order valence-corrected chi connectivity index (χ4v) is 8.02. The molecule has 0 amide bonds. The summed E-state index contributed by atoms with van der Waals surface area (Å²) in [5.74, 6) is 2.88. The molecule has 7 atom stereocenters. The van der Waals surface area contributed by atoms with Crippen LogP contribution in [-0.2, 0) is 0 Å². The summed E-state index contributed by atoms with van der Waals surface area (Å²) in [6.45, 7) is 9.89. The zero-order valence-electron chi connectivity index (χ0n) is 17.9. The number of nitrogens with zero attached hydrogens (tertiary/aromatic N) is 1. The second kappa shape index (κ2) is 6.29. The van der Waals surface area contributed by atoms with Crippen molar-refractivity contribution in [3.63, 3.8) is 0 Å². The van der Waals surface area contributed by atoms with Gasteiger partial charge in [-0.1, -0.05) is 44.1 Å². The molecular formula is C26H35NO. The van der Waals surface area contributed by atoms with Gasteiger partial charge >= 0.3 is 0 Å². The molecule has 2 saturated carbocycles. The van der Waals surface area contributed by atoms with Gasteiger partial charge in [0.1, 0.15) is 0 Å². The van der Waals surface area contributed by atoms with E-state index in [0.29, 0.717) is 11.3 Å². The van der Waals surface area contributed by atoms with Crippen LogP contribution in [0.4, 0.5) is 0 Å². The molecule has 4 aliphatic carbocycles. The van der Waals surface area contributed by atoms with Crippen LogP contribution in [0.5, 0.6) is 0 Å². The molecule has 0 radical (unpaired) electrons. The van der Waals surface area contributed by atoms with E-state index in [9.17, 15) is 5.11 Å². The molecule has 1 aromatic rings. The number of aromatic nitrogens is 1. The minimum Gasteiger partial charge on any atom is -0.393 e. The van der Waals surface area contributed by atoms with Crippen LogP contribution >= 0.6 is 0 Å². The second-order valence-corrected chi connectivity index (χ2v) is 10.7. The molecule has 5 rings (SSSR count). The number of hydrogen-bond donors (Lipinski definition) is 1. The highest BCUT2D eigenvalue weighted by atomic mass is 16.3. The number of aliphatic hydroxyl groups excluding tert-OH is 1. The molecule has 0 bridgehead atoms. The first-order valence-corrected chi connectivity index (χ1v) is 11.3. The van der Waals surface area contributed by atoms with Crippen LogP contribution in [0, 0.1) is 34.5 Å². The van der Waals surface area contributed by atoms with Gasteiger partial charge in [-0.25, -0.2) is 0 Å². The first kappa shape index (κ1) is 18.6. The molecule has 0 unspecified atom stereocenters. The van der Waals surface area contributed by atoms with E-state index in [1.807, 2.05) is 6.20 Å².